The van der Waals surface area contributed by atoms with Gasteiger partial charge in [-0.25, -0.2) is 0 Å². The third kappa shape index (κ3) is 5.69. The van der Waals surface area contributed by atoms with Gasteiger partial charge in [-0.05, 0) is 50.1 Å². The summed E-state index contributed by atoms with van der Waals surface area (Å²) in [4.78, 5) is 31.2. The van der Waals surface area contributed by atoms with E-state index in [2.05, 4.69) is 5.32 Å². The zero-order valence-electron chi connectivity index (χ0n) is 22.5. The third-order valence-corrected chi connectivity index (χ3v) is 7.90. The number of anilines is 2. The van der Waals surface area contributed by atoms with Crippen LogP contribution in [0, 0.1) is 25.2 Å². The average molecular weight is 572 g/mol. The lowest BCUT2D eigenvalue weighted by Gasteiger charge is -2.41. The molecule has 0 saturated carbocycles. The van der Waals surface area contributed by atoms with Crippen molar-refractivity contribution in [2.24, 2.45) is 11.3 Å². The summed E-state index contributed by atoms with van der Waals surface area (Å²) in [6, 6.07) is 6.31. The number of ether oxygens (including phenoxy) is 1. The first-order chi connectivity index (χ1) is 18.5. The normalized spacial score (nSPS) is 24.4. The number of amides is 2. The number of alkyl halides is 6. The molecule has 0 aliphatic carbocycles. The van der Waals surface area contributed by atoms with E-state index in [0.717, 1.165) is 11.1 Å². The fourth-order valence-corrected chi connectivity index (χ4v) is 5.56. The highest BCUT2D eigenvalue weighted by molar-refractivity contribution is 6.08. The lowest BCUT2D eigenvalue weighted by molar-refractivity contribution is -0.143. The van der Waals surface area contributed by atoms with Gasteiger partial charge in [0.05, 0.1) is 35.7 Å². The highest BCUT2D eigenvalue weighted by atomic mass is 19.4. The Hall–Kier alpha value is -3.12. The molecule has 6 nitrogen and oxygen atoms in total. The van der Waals surface area contributed by atoms with Gasteiger partial charge in [0.2, 0.25) is 11.8 Å². The molecule has 0 unspecified atom stereocenters. The zero-order valence-corrected chi connectivity index (χ0v) is 22.5. The minimum Gasteiger partial charge on any atom is -0.379 e. The van der Waals surface area contributed by atoms with E-state index in [0.29, 0.717) is 37.6 Å². The third-order valence-electron chi connectivity index (χ3n) is 7.90. The van der Waals surface area contributed by atoms with Gasteiger partial charge in [-0.1, -0.05) is 25.1 Å². The SMILES string of the molecule is Cc1cccc(C)c1N1C[C@@](CN2CCOC[C@H]2C)(C(=O)Nc2cc(C(F)(F)F)cc(C(F)(F)F)c2)[C@H](C)C1=O. The molecule has 2 aliphatic rings. The number of nitrogens with one attached hydrogen (secondary N) is 1. The van der Waals surface area contributed by atoms with Crippen molar-refractivity contribution in [3.05, 3.63) is 58.7 Å². The van der Waals surface area contributed by atoms with Crippen LogP contribution in [0.25, 0.3) is 0 Å². The Morgan fingerprint density at radius 1 is 1.02 bits per heavy atom. The van der Waals surface area contributed by atoms with Gasteiger partial charge in [0, 0.05) is 37.1 Å². The summed E-state index contributed by atoms with van der Waals surface area (Å²) in [7, 11) is 0. The molecule has 40 heavy (non-hydrogen) atoms. The summed E-state index contributed by atoms with van der Waals surface area (Å²) >= 11 is 0. The standard InChI is InChI=1S/C28H31F6N3O3/c1-16-6-5-7-17(2)23(16)37-15-26(19(4)24(37)38,14-36-8-9-40-13-18(36)3)25(39)35-22-11-20(27(29,30)31)10-21(12-22)28(32,33)34/h5-7,10-12,18-19H,8-9,13-15H2,1-4H3,(H,35,39)/t18-,19-,26-/m1/s1. The number of rotatable bonds is 5. The number of hydrogen-bond acceptors (Lipinski definition) is 4. The Morgan fingerprint density at radius 2 is 1.60 bits per heavy atom. The number of halogens is 6. The predicted molar refractivity (Wildman–Crippen MR) is 137 cm³/mol. The number of benzene rings is 2. The van der Waals surface area contributed by atoms with E-state index in [1.807, 2.05) is 43.9 Å². The molecule has 0 radical (unpaired) electrons. The van der Waals surface area contributed by atoms with E-state index in [-0.39, 0.29) is 31.1 Å². The minimum absolute atomic E-state index is 0.00521. The van der Waals surface area contributed by atoms with E-state index in [9.17, 15) is 35.9 Å². The number of nitrogens with zero attached hydrogens (tertiary/aromatic N) is 2. The van der Waals surface area contributed by atoms with Crippen LogP contribution >= 0.6 is 0 Å². The minimum atomic E-state index is -5.07. The van der Waals surface area contributed by atoms with Crippen LogP contribution in [0.3, 0.4) is 0 Å². The first kappa shape index (κ1) is 29.9. The molecule has 12 heteroatoms. The van der Waals surface area contributed by atoms with Gasteiger partial charge < -0.3 is 15.0 Å². The Labute approximate surface area is 228 Å². The maximum absolute atomic E-state index is 14.0. The van der Waals surface area contributed by atoms with Gasteiger partial charge in [-0.2, -0.15) is 26.3 Å². The molecule has 0 aromatic heterocycles. The van der Waals surface area contributed by atoms with Crippen molar-refractivity contribution in [3.63, 3.8) is 0 Å². The summed E-state index contributed by atoms with van der Waals surface area (Å²) < 4.78 is 86.4. The summed E-state index contributed by atoms with van der Waals surface area (Å²) in [6.45, 7) is 8.28. The summed E-state index contributed by atoms with van der Waals surface area (Å²) in [5.41, 5.74) is -2.99. The molecule has 2 amide bonds. The molecule has 4 rings (SSSR count). The lowest BCUT2D eigenvalue weighted by atomic mass is 9.76. The zero-order chi connectivity index (χ0) is 29.6. The van der Waals surface area contributed by atoms with Crippen molar-refractivity contribution in [1.82, 2.24) is 4.90 Å². The quantitative estimate of drug-likeness (QED) is 0.470. The van der Waals surface area contributed by atoms with Crippen LogP contribution in [0.2, 0.25) is 0 Å². The molecule has 2 aromatic rings. The van der Waals surface area contributed by atoms with Gasteiger partial charge in [-0.15, -0.1) is 0 Å². The van der Waals surface area contributed by atoms with Crippen LogP contribution in [0.4, 0.5) is 37.7 Å². The first-order valence-electron chi connectivity index (χ1n) is 12.8. The van der Waals surface area contributed by atoms with E-state index >= 15 is 0 Å². The predicted octanol–water partition coefficient (Wildman–Crippen LogP) is 5.67. The van der Waals surface area contributed by atoms with Gasteiger partial charge in [0.15, 0.2) is 0 Å². The van der Waals surface area contributed by atoms with E-state index in [4.69, 9.17) is 4.74 Å². The smallest absolute Gasteiger partial charge is 0.379 e. The Kier molecular flexibility index (Phi) is 7.98. The van der Waals surface area contributed by atoms with Crippen LogP contribution in [-0.2, 0) is 26.7 Å². The summed E-state index contributed by atoms with van der Waals surface area (Å²) in [6.07, 6.45) is -10.1. The molecule has 2 heterocycles. The van der Waals surface area contributed by atoms with Crippen molar-refractivity contribution < 1.29 is 40.7 Å². The monoisotopic (exact) mass is 571 g/mol. The van der Waals surface area contributed by atoms with Gasteiger partial charge in [0.25, 0.3) is 0 Å². The number of hydrogen-bond donors (Lipinski definition) is 1. The van der Waals surface area contributed by atoms with Crippen molar-refractivity contribution in [3.8, 4) is 0 Å². The maximum atomic E-state index is 14.0. The van der Waals surface area contributed by atoms with Crippen molar-refractivity contribution in [2.75, 3.05) is 43.1 Å². The molecule has 2 fully saturated rings. The van der Waals surface area contributed by atoms with Gasteiger partial charge in [-0.3, -0.25) is 14.5 Å². The van der Waals surface area contributed by atoms with E-state index < -0.39 is 46.4 Å². The average Bonchev–Trinajstić information content (AvgIpc) is 3.10. The van der Waals surface area contributed by atoms with Crippen molar-refractivity contribution in [1.29, 1.82) is 0 Å². The largest absolute Gasteiger partial charge is 0.416 e. The van der Waals surface area contributed by atoms with Gasteiger partial charge >= 0.3 is 12.4 Å². The van der Waals surface area contributed by atoms with Crippen LogP contribution in [0.1, 0.15) is 36.1 Å². The van der Waals surface area contributed by atoms with E-state index in [1.54, 1.807) is 6.92 Å². The number of morpholine rings is 1. The first-order valence-corrected chi connectivity index (χ1v) is 12.8. The number of carbonyl (C=O) groups is 2. The number of aryl methyl sites for hydroxylation is 2. The second kappa shape index (κ2) is 10.7. The Bertz CT molecular complexity index is 1240. The fraction of sp³-hybridized carbons (Fsp3) is 0.500. The van der Waals surface area contributed by atoms with Crippen LogP contribution in [-0.4, -0.2) is 55.6 Å². The molecule has 3 atom stereocenters. The number of para-hydroxylation sites is 1. The highest BCUT2D eigenvalue weighted by Crippen LogP contribution is 2.44. The second-order valence-electron chi connectivity index (χ2n) is 10.7. The molecule has 2 aliphatic heterocycles. The molecular formula is C28H31F6N3O3. The highest BCUT2D eigenvalue weighted by Gasteiger charge is 2.56. The van der Waals surface area contributed by atoms with Gasteiger partial charge in [0.1, 0.15) is 0 Å². The molecular weight excluding hydrogens is 540 g/mol. The van der Waals surface area contributed by atoms with Crippen LogP contribution < -0.4 is 10.2 Å². The molecule has 2 saturated heterocycles. The summed E-state index contributed by atoms with van der Waals surface area (Å²) in [5.74, 6) is -2.10. The van der Waals surface area contributed by atoms with E-state index in [1.165, 1.54) is 4.90 Å². The topological polar surface area (TPSA) is 61.9 Å². The summed E-state index contributed by atoms with van der Waals surface area (Å²) in [5, 5.41) is 2.33. The number of carbonyl (C=O) groups excluding carboxylic acids is 2. The Balaban J connectivity index is 1.78. The maximum Gasteiger partial charge on any atom is 0.416 e. The van der Waals surface area contributed by atoms with Crippen molar-refractivity contribution in [2.45, 2.75) is 46.1 Å². The van der Waals surface area contributed by atoms with Crippen molar-refractivity contribution >= 4 is 23.2 Å². The lowest BCUT2D eigenvalue weighted by Crippen LogP contribution is -2.55. The molecule has 1 N–H and O–H groups in total. The fourth-order valence-electron chi connectivity index (χ4n) is 5.56. The molecule has 0 bridgehead atoms. The Morgan fingerprint density at radius 3 is 2.12 bits per heavy atom. The van der Waals surface area contributed by atoms with Crippen LogP contribution in [0.5, 0.6) is 0 Å². The van der Waals surface area contributed by atoms with Crippen LogP contribution in [0.15, 0.2) is 36.4 Å². The molecule has 2 aromatic carbocycles. The molecule has 218 valence electrons. The molecule has 0 spiro atoms. The second-order valence-corrected chi connectivity index (χ2v) is 10.7.